The van der Waals surface area contributed by atoms with Gasteiger partial charge < -0.3 is 5.11 Å². The van der Waals surface area contributed by atoms with Crippen LogP contribution in [0.25, 0.3) is 0 Å². The van der Waals surface area contributed by atoms with Crippen LogP contribution in [0.5, 0.6) is 0 Å². The van der Waals surface area contributed by atoms with Gasteiger partial charge in [0.25, 0.3) is 5.91 Å². The Bertz CT molecular complexity index is 657. The fourth-order valence-corrected chi connectivity index (χ4v) is 4.65. The molecule has 2 heterocycles. The van der Waals surface area contributed by atoms with Gasteiger partial charge in [-0.25, -0.2) is 4.68 Å². The summed E-state index contributed by atoms with van der Waals surface area (Å²) in [5.41, 5.74) is 0.856. The molecule has 0 saturated heterocycles. The topological polar surface area (TPSA) is 55.1 Å². The Morgan fingerprint density at radius 2 is 2.13 bits per heavy atom. The Morgan fingerprint density at radius 3 is 2.87 bits per heavy atom. The summed E-state index contributed by atoms with van der Waals surface area (Å²) >= 11 is 1.72. The fraction of sp³-hybridized carbons (Fsp3) is 0.444. The van der Waals surface area contributed by atoms with Gasteiger partial charge in [-0.1, -0.05) is 44.4 Å². The second-order valence-corrected chi connectivity index (χ2v) is 7.23. The minimum absolute atomic E-state index is 0.0862. The van der Waals surface area contributed by atoms with E-state index in [1.54, 1.807) is 30.2 Å². The Labute approximate surface area is 140 Å². The molecule has 0 bridgehead atoms. The number of aliphatic hydroxyl groups excluding tert-OH is 1. The molecule has 0 radical (unpaired) electrons. The number of carbonyl (C=O) groups excluding carboxylic acids is 1. The first-order chi connectivity index (χ1) is 11.2. The molecule has 0 spiro atoms. The van der Waals surface area contributed by atoms with Crippen molar-refractivity contribution in [3.63, 3.8) is 0 Å². The maximum absolute atomic E-state index is 12.9. The summed E-state index contributed by atoms with van der Waals surface area (Å²) in [6, 6.07) is 9.58. The van der Waals surface area contributed by atoms with Gasteiger partial charge in [0.2, 0.25) is 0 Å². The van der Waals surface area contributed by atoms with E-state index < -0.39 is 12.0 Å². The summed E-state index contributed by atoms with van der Waals surface area (Å²) in [6.07, 6.45) is 6.79. The number of hydrogen-bond donors (Lipinski definition) is 1. The van der Waals surface area contributed by atoms with E-state index in [0.29, 0.717) is 0 Å². The summed E-state index contributed by atoms with van der Waals surface area (Å²) in [6.45, 7) is 2.17. The zero-order valence-corrected chi connectivity index (χ0v) is 14.1. The highest BCUT2D eigenvalue weighted by molar-refractivity contribution is 8.00. The van der Waals surface area contributed by atoms with Gasteiger partial charge in [-0.3, -0.25) is 4.79 Å². The molecule has 3 rings (SSSR count). The summed E-state index contributed by atoms with van der Waals surface area (Å²) in [5, 5.41) is 15.0. The zero-order valence-electron chi connectivity index (χ0n) is 13.3. The second-order valence-electron chi connectivity index (χ2n) is 5.95. The zero-order chi connectivity index (χ0) is 16.2. The quantitative estimate of drug-likeness (QED) is 0.844. The molecule has 1 aromatic carbocycles. The fourth-order valence-electron chi connectivity index (χ4n) is 3.15. The van der Waals surface area contributed by atoms with Gasteiger partial charge in [-0.2, -0.15) is 5.10 Å². The van der Waals surface area contributed by atoms with Crippen molar-refractivity contribution in [2.75, 3.05) is 0 Å². The van der Waals surface area contributed by atoms with Crippen molar-refractivity contribution in [3.8, 4) is 0 Å². The molecule has 2 aromatic rings. The molecule has 1 aliphatic heterocycles. The third-order valence-electron chi connectivity index (χ3n) is 4.36. The van der Waals surface area contributed by atoms with Crippen molar-refractivity contribution in [3.05, 3.63) is 48.3 Å². The number of nitrogens with zero attached hydrogens (tertiary/aromatic N) is 2. The van der Waals surface area contributed by atoms with Crippen molar-refractivity contribution >= 4 is 17.7 Å². The number of thioether (sulfide) groups is 1. The van der Waals surface area contributed by atoms with E-state index in [1.807, 2.05) is 24.3 Å². The predicted molar refractivity (Wildman–Crippen MR) is 91.5 cm³/mol. The van der Waals surface area contributed by atoms with Crippen LogP contribution in [-0.4, -0.2) is 26.0 Å². The van der Waals surface area contributed by atoms with E-state index in [4.69, 9.17) is 0 Å². The number of benzene rings is 1. The Hall–Kier alpha value is -1.59. The first-order valence-corrected chi connectivity index (χ1v) is 9.08. The predicted octanol–water partition coefficient (Wildman–Crippen LogP) is 3.93. The normalized spacial score (nSPS) is 23.5. The summed E-state index contributed by atoms with van der Waals surface area (Å²) in [5.74, 6) is -0.572. The average Bonchev–Trinajstić information content (AvgIpc) is 3.09. The molecule has 0 unspecified atom stereocenters. The number of rotatable bonds is 5. The molecule has 0 aliphatic carbocycles. The van der Waals surface area contributed by atoms with E-state index >= 15 is 0 Å². The van der Waals surface area contributed by atoms with Gasteiger partial charge >= 0.3 is 0 Å². The van der Waals surface area contributed by atoms with Gasteiger partial charge in [0.1, 0.15) is 0 Å². The van der Waals surface area contributed by atoms with Crippen molar-refractivity contribution in [1.29, 1.82) is 0 Å². The number of unbranched alkanes of at least 4 members (excludes halogenated alkanes) is 2. The van der Waals surface area contributed by atoms with E-state index in [2.05, 4.69) is 12.0 Å². The lowest BCUT2D eigenvalue weighted by atomic mass is 9.88. The molecular formula is C18H22N2O2S. The lowest BCUT2D eigenvalue weighted by Gasteiger charge is -2.35. The number of fused-ring (bicyclic) bond motifs is 1. The number of aliphatic hydroxyl groups is 1. The first-order valence-electron chi connectivity index (χ1n) is 8.20. The van der Waals surface area contributed by atoms with Crippen LogP contribution in [0.3, 0.4) is 0 Å². The van der Waals surface area contributed by atoms with Crippen molar-refractivity contribution in [2.24, 2.45) is 5.92 Å². The van der Waals surface area contributed by atoms with Crippen molar-refractivity contribution in [1.82, 2.24) is 9.78 Å². The lowest BCUT2D eigenvalue weighted by molar-refractivity contribution is 0.0546. The largest absolute Gasteiger partial charge is 0.387 e. The minimum atomic E-state index is -0.768. The van der Waals surface area contributed by atoms with E-state index in [9.17, 15) is 9.90 Å². The third-order valence-corrected chi connectivity index (χ3v) is 5.82. The summed E-state index contributed by atoms with van der Waals surface area (Å²) < 4.78 is 1.36. The molecule has 0 amide bonds. The highest BCUT2D eigenvalue weighted by Gasteiger charge is 2.41. The smallest absolute Gasteiger partial charge is 0.254 e. The van der Waals surface area contributed by atoms with Gasteiger partial charge in [0.05, 0.1) is 12.0 Å². The molecule has 5 heteroatoms. The molecule has 1 N–H and O–H groups in total. The van der Waals surface area contributed by atoms with Gasteiger partial charge in [-0.05, 0) is 24.1 Å². The monoisotopic (exact) mass is 330 g/mol. The molecule has 3 atom stereocenters. The molecule has 122 valence electrons. The van der Waals surface area contributed by atoms with Crippen LogP contribution in [0.1, 0.15) is 49.1 Å². The van der Waals surface area contributed by atoms with Crippen LogP contribution >= 0.6 is 11.8 Å². The second kappa shape index (κ2) is 7.32. The summed E-state index contributed by atoms with van der Waals surface area (Å²) in [4.78, 5) is 13.9. The molecule has 1 aromatic heterocycles. The van der Waals surface area contributed by atoms with Crippen LogP contribution in [-0.2, 0) is 0 Å². The van der Waals surface area contributed by atoms with E-state index in [0.717, 1.165) is 36.1 Å². The average molecular weight is 330 g/mol. The van der Waals surface area contributed by atoms with Gasteiger partial charge in [0, 0.05) is 22.5 Å². The highest BCUT2D eigenvalue weighted by atomic mass is 32.2. The van der Waals surface area contributed by atoms with Crippen LogP contribution in [0.4, 0.5) is 0 Å². The molecule has 0 fully saturated rings. The van der Waals surface area contributed by atoms with Gasteiger partial charge in [-0.15, -0.1) is 11.8 Å². The molecule has 23 heavy (non-hydrogen) atoms. The van der Waals surface area contributed by atoms with Crippen LogP contribution in [0, 0.1) is 5.92 Å². The molecule has 1 aliphatic rings. The number of aromatic nitrogens is 2. The summed E-state index contributed by atoms with van der Waals surface area (Å²) in [7, 11) is 0. The van der Waals surface area contributed by atoms with Crippen molar-refractivity contribution < 1.29 is 9.90 Å². The van der Waals surface area contributed by atoms with Crippen LogP contribution in [0.2, 0.25) is 0 Å². The van der Waals surface area contributed by atoms with Gasteiger partial charge in [0.15, 0.2) is 0 Å². The Kier molecular flexibility index (Phi) is 5.18. The van der Waals surface area contributed by atoms with Crippen molar-refractivity contribution in [2.45, 2.75) is 48.9 Å². The van der Waals surface area contributed by atoms with Crippen LogP contribution < -0.4 is 0 Å². The lowest BCUT2D eigenvalue weighted by Crippen LogP contribution is -2.38. The number of hydrogen-bond acceptors (Lipinski definition) is 4. The SMILES string of the molecule is CCCCC[C@H]1Sc2ccccc2[C@@H](O)[C@@H]1C(=O)n1cccn1. The Morgan fingerprint density at radius 1 is 1.30 bits per heavy atom. The Balaban J connectivity index is 1.90. The van der Waals surface area contributed by atoms with Crippen LogP contribution in [0.15, 0.2) is 47.6 Å². The highest BCUT2D eigenvalue weighted by Crippen LogP contribution is 2.46. The first kappa shape index (κ1) is 16.3. The molecule has 0 saturated carbocycles. The third kappa shape index (κ3) is 3.35. The maximum Gasteiger partial charge on any atom is 0.254 e. The number of carbonyl (C=O) groups is 1. The molecule has 4 nitrogen and oxygen atoms in total. The molecular weight excluding hydrogens is 308 g/mol. The standard InChI is InChI=1S/C18H22N2O2S/c1-2-3-4-10-15-16(18(22)20-12-7-11-19-20)17(21)13-8-5-6-9-14(13)23-15/h5-9,11-12,15-17,21H,2-4,10H2,1H3/t15-,16-,17-/m1/s1. The van der Waals surface area contributed by atoms with E-state index in [1.165, 1.54) is 4.68 Å². The minimum Gasteiger partial charge on any atom is -0.387 e. The maximum atomic E-state index is 12.9. The van der Waals surface area contributed by atoms with E-state index in [-0.39, 0.29) is 11.2 Å².